The maximum atomic E-state index is 13.0. The van der Waals surface area contributed by atoms with Gasteiger partial charge in [-0.2, -0.15) is 15.3 Å². The van der Waals surface area contributed by atoms with E-state index in [9.17, 15) is 32.1 Å². The summed E-state index contributed by atoms with van der Waals surface area (Å²) in [4.78, 5) is 53.2. The number of nitrogens with one attached hydrogen (secondary N) is 4. The molecule has 0 atom stereocenters. The molecular formula is C32H22Cl9F3N9O9P. The topological polar surface area (TPSA) is 270 Å². The van der Waals surface area contributed by atoms with Gasteiger partial charge >= 0.3 is 7.82 Å². The minimum absolute atomic E-state index is 0. The van der Waals surface area contributed by atoms with E-state index in [0.29, 0.717) is 0 Å². The Balaban J connectivity index is 0.000000252. The summed E-state index contributed by atoms with van der Waals surface area (Å²) in [6.07, 6.45) is 0. The second kappa shape index (κ2) is 23.4. The van der Waals surface area contributed by atoms with E-state index in [1.54, 1.807) is 0 Å². The number of aliphatic hydroxyl groups excluding tert-OH is 1. The van der Waals surface area contributed by atoms with Gasteiger partial charge in [-0.05, 0) is 54.6 Å². The Hall–Kier alpha value is -3.87. The normalized spacial score (nSPS) is 10.8. The summed E-state index contributed by atoms with van der Waals surface area (Å²) in [7, 11) is -4.76. The Kier molecular flexibility index (Phi) is 19.8. The number of phosphoric acid groups is 1. The van der Waals surface area contributed by atoms with Crippen molar-refractivity contribution < 1.29 is 57.0 Å². The van der Waals surface area contributed by atoms with E-state index in [4.69, 9.17) is 119 Å². The average Bonchev–Trinajstić information content (AvgIpc) is 3.80. The quantitative estimate of drug-likeness (QED) is 0.0635. The monoisotopic (exact) mass is 1080 g/mol. The summed E-state index contributed by atoms with van der Waals surface area (Å²) in [5.74, 6) is -3.71. The van der Waals surface area contributed by atoms with Crippen molar-refractivity contribution >= 4 is 147 Å². The third-order valence-electron chi connectivity index (χ3n) is 7.00. The van der Waals surface area contributed by atoms with Gasteiger partial charge in [0, 0.05) is 0 Å². The summed E-state index contributed by atoms with van der Waals surface area (Å²) in [6, 6.07) is 10.4. The maximum Gasteiger partial charge on any atom is 0.471 e. The smallest absolute Gasteiger partial charge is 0.412 e. The number of nitrogens with zero attached hydrogens (tertiary/aromatic N) is 5. The number of aliphatic hydroxyl groups is 1. The maximum absolute atomic E-state index is 13.0. The highest BCUT2D eigenvalue weighted by Gasteiger charge is 2.25. The summed E-state index contributed by atoms with van der Waals surface area (Å²) in [5, 5.41) is 29.1. The summed E-state index contributed by atoms with van der Waals surface area (Å²) in [5.41, 5.74) is -0.0251. The van der Waals surface area contributed by atoms with Gasteiger partial charge < -0.3 is 36.3 Å². The number of H-pyrrole nitrogens is 1. The van der Waals surface area contributed by atoms with Gasteiger partial charge in [-0.1, -0.05) is 104 Å². The number of aromatic nitrogens is 6. The zero-order valence-corrected chi connectivity index (χ0v) is 37.9. The Labute approximate surface area is 395 Å². The minimum atomic E-state index is -4.76. The number of aromatic amines is 1. The van der Waals surface area contributed by atoms with Gasteiger partial charge in [0.1, 0.15) is 54.7 Å². The van der Waals surface area contributed by atoms with Crippen LogP contribution in [-0.4, -0.2) is 67.8 Å². The molecule has 0 aliphatic heterocycles. The second-order valence-corrected chi connectivity index (χ2v) is 15.9. The first-order chi connectivity index (χ1) is 29.0. The summed E-state index contributed by atoms with van der Waals surface area (Å²) in [6.45, 7) is -1.25. The predicted molar refractivity (Wildman–Crippen MR) is 230 cm³/mol. The first-order valence-electron chi connectivity index (χ1n) is 15.8. The van der Waals surface area contributed by atoms with Crippen LogP contribution in [0.5, 0.6) is 0 Å². The molecule has 0 saturated heterocycles. The Morgan fingerprint density at radius 2 is 1.00 bits per heavy atom. The number of rotatable bonds is 10. The fourth-order valence-corrected chi connectivity index (χ4v) is 6.22. The highest BCUT2D eigenvalue weighted by Crippen LogP contribution is 2.37. The van der Waals surface area contributed by atoms with Crippen molar-refractivity contribution in [2.75, 3.05) is 16.0 Å². The molecule has 0 aliphatic rings. The van der Waals surface area contributed by atoms with Crippen LogP contribution in [0.3, 0.4) is 0 Å². The molecule has 9 N–H and O–H groups in total. The van der Waals surface area contributed by atoms with Gasteiger partial charge in [-0.15, -0.1) is 0 Å². The van der Waals surface area contributed by atoms with Gasteiger partial charge in [0.05, 0.1) is 32.1 Å². The molecule has 0 fully saturated rings. The van der Waals surface area contributed by atoms with Crippen LogP contribution in [0.1, 0.15) is 31.5 Å². The number of phosphoric ester groups is 1. The van der Waals surface area contributed by atoms with Crippen LogP contribution in [0.25, 0.3) is 0 Å². The Bertz CT molecular complexity index is 2710. The van der Waals surface area contributed by atoms with Gasteiger partial charge in [0.25, 0.3) is 17.7 Å². The number of anilines is 3. The lowest BCUT2D eigenvalue weighted by Crippen LogP contribution is -2.14. The molecule has 6 aromatic rings. The number of amides is 3. The Morgan fingerprint density at radius 3 is 1.32 bits per heavy atom. The number of hydrogen-bond acceptors (Lipinski definition) is 9. The fourth-order valence-electron chi connectivity index (χ4n) is 4.21. The number of carbonyl (C=O) groups is 3. The molecule has 3 heterocycles. The van der Waals surface area contributed by atoms with Crippen LogP contribution in [0, 0.1) is 17.5 Å². The number of benzene rings is 3. The molecule has 0 unspecified atom stereocenters. The summed E-state index contributed by atoms with van der Waals surface area (Å²) < 4.78 is 55.3. The van der Waals surface area contributed by atoms with Crippen molar-refractivity contribution in [2.24, 2.45) is 0 Å². The van der Waals surface area contributed by atoms with E-state index in [1.807, 2.05) is 0 Å². The third kappa shape index (κ3) is 14.6. The van der Waals surface area contributed by atoms with Crippen molar-refractivity contribution in [3.63, 3.8) is 0 Å². The van der Waals surface area contributed by atoms with Crippen LogP contribution in [0.4, 0.5) is 30.2 Å². The van der Waals surface area contributed by atoms with Crippen LogP contribution in [0.2, 0.25) is 45.6 Å². The van der Waals surface area contributed by atoms with E-state index >= 15 is 0 Å². The van der Waals surface area contributed by atoms with Crippen LogP contribution >= 0.6 is 112 Å². The molecule has 63 heavy (non-hydrogen) atoms. The van der Waals surface area contributed by atoms with Crippen molar-refractivity contribution in [3.8, 4) is 0 Å². The van der Waals surface area contributed by atoms with Crippen molar-refractivity contribution in [3.05, 3.63) is 135 Å². The van der Waals surface area contributed by atoms with E-state index in [1.165, 1.54) is 24.3 Å². The van der Waals surface area contributed by atoms with Crippen LogP contribution in [0.15, 0.2) is 54.6 Å². The van der Waals surface area contributed by atoms with E-state index in [0.717, 1.165) is 39.7 Å². The average molecular weight is 1080 g/mol. The van der Waals surface area contributed by atoms with E-state index in [2.05, 4.69) is 40.9 Å². The van der Waals surface area contributed by atoms with Crippen LogP contribution < -0.4 is 16.0 Å². The number of hydrogen-bond donors (Lipinski definition) is 7. The second-order valence-electron chi connectivity index (χ2n) is 11.2. The van der Waals surface area contributed by atoms with Crippen molar-refractivity contribution in [2.45, 2.75) is 13.5 Å². The molecular weight excluding hydrogens is 1060 g/mol. The SMILES string of the molecule is O.O=C(Nc1ccc(F)cc1Cl)c1n[nH]c(Cl)c1Cl.O=C(Nc1ccc(F)cc1Cl)c1nn(CO)c(Cl)c1Cl.O=C(Nc1ccc(F)cc1Cl)c1nn(COP(=O)(O)O)c(Cl)c1Cl. The Morgan fingerprint density at radius 1 is 0.635 bits per heavy atom. The molecule has 31 heteroatoms. The highest BCUT2D eigenvalue weighted by molar-refractivity contribution is 7.46. The van der Waals surface area contributed by atoms with Gasteiger partial charge in [-0.3, -0.25) is 24.0 Å². The zero-order valence-electron chi connectivity index (χ0n) is 30.2. The molecule has 0 radical (unpaired) electrons. The standard InChI is InChI=1S/C11H8Cl3FN3O5P.C11H7Cl3FN3O2.C10H5Cl3FN3O.H2O/c12-6-3-5(15)1-2-7(6)16-11(19)9-8(13)10(14)18(17-9)4-23-24(20,21)22;12-6-3-5(15)1-2-7(6)16-11(20)9-8(13)10(14)18(4-19)17-9;11-5-3-4(14)1-2-6(5)15-10(18)8-7(12)9(13)17-16-8;/h1-3H,4H2,(H,16,19)(H2,20,21,22);1-3,19H,4H2,(H,16,20);1-3H,(H,15,18)(H,16,17);1H2. The lowest BCUT2D eigenvalue weighted by molar-refractivity contribution is 0.101. The first kappa shape index (κ1) is 53.5. The third-order valence-corrected chi connectivity index (χ3v) is 10.8. The molecule has 0 bridgehead atoms. The lowest BCUT2D eigenvalue weighted by Gasteiger charge is -2.06. The molecule has 3 aromatic heterocycles. The molecule has 0 spiro atoms. The lowest BCUT2D eigenvalue weighted by atomic mass is 10.3. The van der Waals surface area contributed by atoms with Gasteiger partial charge in [0.15, 0.2) is 23.8 Å². The molecule has 6 rings (SSSR count). The van der Waals surface area contributed by atoms with Crippen molar-refractivity contribution in [1.29, 1.82) is 0 Å². The highest BCUT2D eigenvalue weighted by atomic mass is 35.5. The molecule has 0 saturated carbocycles. The molecule has 18 nitrogen and oxygen atoms in total. The summed E-state index contributed by atoms with van der Waals surface area (Å²) >= 11 is 52.0. The molecule has 338 valence electrons. The van der Waals surface area contributed by atoms with E-state index in [-0.39, 0.29) is 85.2 Å². The minimum Gasteiger partial charge on any atom is -0.412 e. The zero-order chi connectivity index (χ0) is 46.2. The molecule has 3 aromatic carbocycles. The molecule has 3 amide bonds. The predicted octanol–water partition coefficient (Wildman–Crippen LogP) is 9.42. The number of carbonyl (C=O) groups excluding carboxylic acids is 3. The largest absolute Gasteiger partial charge is 0.471 e. The van der Waals surface area contributed by atoms with Gasteiger partial charge in [0.2, 0.25) is 0 Å². The first-order valence-corrected chi connectivity index (χ1v) is 20.8. The van der Waals surface area contributed by atoms with E-state index < -0.39 is 56.5 Å². The fraction of sp³-hybridized carbons (Fsp3) is 0.0625. The molecule has 0 aliphatic carbocycles. The van der Waals surface area contributed by atoms with Crippen LogP contribution in [-0.2, 0) is 22.6 Å². The van der Waals surface area contributed by atoms with Crippen molar-refractivity contribution in [1.82, 2.24) is 29.8 Å². The van der Waals surface area contributed by atoms with Gasteiger partial charge in [-0.25, -0.2) is 27.1 Å². The number of halogens is 12.